The van der Waals surface area contributed by atoms with E-state index in [4.69, 9.17) is 0 Å². The lowest BCUT2D eigenvalue weighted by atomic mass is 10.1. The molecule has 1 aliphatic heterocycles. The summed E-state index contributed by atoms with van der Waals surface area (Å²) in [5, 5.41) is 10.6. The van der Waals surface area contributed by atoms with Crippen LogP contribution >= 0.6 is 11.8 Å². The van der Waals surface area contributed by atoms with Crippen molar-refractivity contribution in [2.24, 2.45) is 0 Å². The van der Waals surface area contributed by atoms with Crippen molar-refractivity contribution in [2.75, 3.05) is 11.4 Å². The molecule has 1 aromatic rings. The van der Waals surface area contributed by atoms with Gasteiger partial charge in [0.25, 0.3) is 0 Å². The fourth-order valence-corrected chi connectivity index (χ4v) is 3.44. The quantitative estimate of drug-likeness (QED) is 0.897. The molecule has 1 heterocycles. The molecule has 4 heteroatoms. The number of hydrogen-bond donors (Lipinski definition) is 1. The first-order valence-electron chi connectivity index (χ1n) is 6.78. The molecule has 106 valence electrons. The van der Waals surface area contributed by atoms with Gasteiger partial charge in [-0.1, -0.05) is 36.0 Å². The largest absolute Gasteiger partial charge is 0.504 e. The summed E-state index contributed by atoms with van der Waals surface area (Å²) in [6, 6.07) is 8.31. The Morgan fingerprint density at radius 3 is 2.81 bits per heavy atom. The van der Waals surface area contributed by atoms with Gasteiger partial charge in [0.2, 0.25) is 5.78 Å². The summed E-state index contributed by atoms with van der Waals surface area (Å²) in [5.41, 5.74) is 2.04. The van der Waals surface area contributed by atoms with Gasteiger partial charge in [-0.25, -0.2) is 0 Å². The number of aliphatic hydroxyl groups is 1. The fourth-order valence-electron chi connectivity index (χ4n) is 2.31. The molecule has 0 spiro atoms. The molecule has 0 bridgehead atoms. The Bertz CT molecular complexity index is 713. The zero-order valence-corrected chi connectivity index (χ0v) is 12.4. The summed E-state index contributed by atoms with van der Waals surface area (Å²) >= 11 is 1.73. The Hall–Kier alpha value is -2.20. The van der Waals surface area contributed by atoms with Gasteiger partial charge in [0.15, 0.2) is 5.76 Å². The smallest absolute Gasteiger partial charge is 0.220 e. The van der Waals surface area contributed by atoms with Crippen LogP contribution in [0.2, 0.25) is 0 Å². The molecule has 0 atom stereocenters. The summed E-state index contributed by atoms with van der Waals surface area (Å²) in [7, 11) is 0. The minimum Gasteiger partial charge on any atom is -0.504 e. The second-order valence-corrected chi connectivity index (χ2v) is 5.78. The second kappa shape index (κ2) is 5.66. The number of para-hydroxylation sites is 1. The van der Waals surface area contributed by atoms with Gasteiger partial charge in [0.05, 0.1) is 10.7 Å². The molecule has 2 aliphatic rings. The monoisotopic (exact) mass is 297 g/mol. The number of anilines is 1. The Kier molecular flexibility index (Phi) is 3.71. The van der Waals surface area contributed by atoms with E-state index in [2.05, 4.69) is 24.0 Å². The third-order valence-corrected chi connectivity index (χ3v) is 4.48. The molecular formula is C17H15NO2S. The number of aliphatic hydroxyl groups excluding tert-OH is 1. The average molecular weight is 297 g/mol. The average Bonchev–Trinajstić information content (AvgIpc) is 2.86. The third-order valence-electron chi connectivity index (χ3n) is 3.35. The lowest BCUT2D eigenvalue weighted by molar-refractivity contribution is -0.113. The zero-order valence-electron chi connectivity index (χ0n) is 11.6. The number of fused-ring (bicyclic) bond motifs is 1. The van der Waals surface area contributed by atoms with Crippen molar-refractivity contribution in [3.05, 3.63) is 71.0 Å². The van der Waals surface area contributed by atoms with Crippen LogP contribution in [0.15, 0.2) is 75.9 Å². The summed E-state index contributed by atoms with van der Waals surface area (Å²) < 4.78 is 0. The minimum absolute atomic E-state index is 0.211. The van der Waals surface area contributed by atoms with E-state index >= 15 is 0 Å². The second-order valence-electron chi connectivity index (χ2n) is 4.71. The van der Waals surface area contributed by atoms with Crippen molar-refractivity contribution in [1.29, 1.82) is 0 Å². The van der Waals surface area contributed by atoms with Crippen molar-refractivity contribution < 1.29 is 9.90 Å². The van der Waals surface area contributed by atoms with E-state index in [0.29, 0.717) is 0 Å². The van der Waals surface area contributed by atoms with E-state index in [0.717, 1.165) is 17.1 Å². The molecule has 0 radical (unpaired) electrons. The van der Waals surface area contributed by atoms with Gasteiger partial charge in [-0.05, 0) is 42.9 Å². The number of carbonyl (C=O) groups is 1. The van der Waals surface area contributed by atoms with Gasteiger partial charge < -0.3 is 10.0 Å². The normalized spacial score (nSPS) is 21.1. The van der Waals surface area contributed by atoms with E-state index in [-0.39, 0.29) is 11.5 Å². The van der Waals surface area contributed by atoms with Crippen LogP contribution in [0.4, 0.5) is 5.69 Å². The van der Waals surface area contributed by atoms with Crippen LogP contribution in [0.5, 0.6) is 0 Å². The molecular weight excluding hydrogens is 282 g/mol. The molecule has 3 nitrogen and oxygen atoms in total. The number of carbonyl (C=O) groups excluding carboxylic acids is 1. The van der Waals surface area contributed by atoms with Crippen molar-refractivity contribution in [3.63, 3.8) is 0 Å². The molecule has 1 N–H and O–H groups in total. The minimum atomic E-state index is -0.349. The zero-order chi connectivity index (χ0) is 14.8. The molecule has 0 unspecified atom stereocenters. The number of thioether (sulfide) groups is 1. The lowest BCUT2D eigenvalue weighted by Crippen LogP contribution is -2.16. The van der Waals surface area contributed by atoms with Crippen molar-refractivity contribution in [1.82, 2.24) is 0 Å². The van der Waals surface area contributed by atoms with Crippen LogP contribution in [0, 0.1) is 0 Å². The van der Waals surface area contributed by atoms with Crippen LogP contribution in [0.25, 0.3) is 0 Å². The molecule has 0 saturated heterocycles. The van der Waals surface area contributed by atoms with Crippen LogP contribution in [0.3, 0.4) is 0 Å². The molecule has 3 rings (SSSR count). The van der Waals surface area contributed by atoms with Gasteiger partial charge in [-0.3, -0.25) is 4.79 Å². The highest BCUT2D eigenvalue weighted by Gasteiger charge is 2.22. The van der Waals surface area contributed by atoms with Crippen molar-refractivity contribution in [2.45, 2.75) is 11.8 Å². The van der Waals surface area contributed by atoms with E-state index in [1.54, 1.807) is 17.8 Å². The molecule has 21 heavy (non-hydrogen) atoms. The van der Waals surface area contributed by atoms with Gasteiger partial charge in [-0.15, -0.1) is 0 Å². The van der Waals surface area contributed by atoms with E-state index in [9.17, 15) is 9.90 Å². The maximum absolute atomic E-state index is 11.2. The number of rotatable bonds is 2. The number of hydrogen-bond acceptors (Lipinski definition) is 4. The Morgan fingerprint density at radius 1 is 1.24 bits per heavy atom. The van der Waals surface area contributed by atoms with Crippen molar-refractivity contribution in [3.8, 4) is 0 Å². The first-order chi connectivity index (χ1) is 10.2. The van der Waals surface area contributed by atoms with E-state index < -0.39 is 0 Å². The van der Waals surface area contributed by atoms with Gasteiger partial charge >= 0.3 is 0 Å². The number of ketones is 1. The molecule has 0 aromatic heterocycles. The molecule has 1 aromatic carbocycles. The highest BCUT2D eigenvalue weighted by molar-refractivity contribution is 8.03. The molecule has 0 saturated carbocycles. The topological polar surface area (TPSA) is 40.5 Å². The Morgan fingerprint density at radius 2 is 2.05 bits per heavy atom. The number of nitrogens with zero attached hydrogens (tertiary/aromatic N) is 1. The van der Waals surface area contributed by atoms with Crippen LogP contribution in [-0.2, 0) is 4.79 Å². The maximum Gasteiger partial charge on any atom is 0.220 e. The van der Waals surface area contributed by atoms with Gasteiger partial charge in [0.1, 0.15) is 0 Å². The standard InChI is InChI=1S/C17H15NO2S/c1-2-18-13-5-3-4-6-16(13)21-17(18)10-8-12-7-9-14(19)15(20)11-12/h3-11,20H,2H2,1H3/b12-8+,17-10+. The van der Waals surface area contributed by atoms with Gasteiger partial charge in [0, 0.05) is 11.4 Å². The highest BCUT2D eigenvalue weighted by Crippen LogP contribution is 2.45. The predicted octanol–water partition coefficient (Wildman–Crippen LogP) is 3.97. The van der Waals surface area contributed by atoms with E-state index in [1.807, 2.05) is 24.3 Å². The lowest BCUT2D eigenvalue weighted by Gasteiger charge is -2.17. The van der Waals surface area contributed by atoms with E-state index in [1.165, 1.54) is 22.7 Å². The number of allylic oxidation sites excluding steroid dienone is 6. The van der Waals surface area contributed by atoms with Gasteiger partial charge in [-0.2, -0.15) is 0 Å². The predicted molar refractivity (Wildman–Crippen MR) is 86.3 cm³/mol. The third kappa shape index (κ3) is 2.67. The SMILES string of the molecule is CCN1/C(=C\C=C2/C=CC(=O)C(O)=C2)Sc2ccccc21. The first-order valence-corrected chi connectivity index (χ1v) is 7.60. The summed E-state index contributed by atoms with van der Waals surface area (Å²) in [5.74, 6) is -0.561. The Labute approximate surface area is 128 Å². The molecule has 0 amide bonds. The summed E-state index contributed by atoms with van der Waals surface area (Å²) in [6.45, 7) is 3.02. The maximum atomic E-state index is 11.2. The fraction of sp³-hybridized carbons (Fsp3) is 0.118. The van der Waals surface area contributed by atoms with Crippen LogP contribution in [-0.4, -0.2) is 17.4 Å². The Balaban J connectivity index is 1.89. The highest BCUT2D eigenvalue weighted by atomic mass is 32.2. The summed E-state index contributed by atoms with van der Waals surface area (Å²) in [6.07, 6.45) is 8.52. The first kappa shape index (κ1) is 13.8. The molecule has 1 aliphatic carbocycles. The van der Waals surface area contributed by atoms with Crippen LogP contribution < -0.4 is 4.90 Å². The van der Waals surface area contributed by atoms with Crippen molar-refractivity contribution >= 4 is 23.2 Å². The molecule has 0 fully saturated rings. The van der Waals surface area contributed by atoms with Crippen LogP contribution in [0.1, 0.15) is 6.92 Å². The summed E-state index contributed by atoms with van der Waals surface area (Å²) in [4.78, 5) is 14.7. The number of benzene rings is 1.